The van der Waals surface area contributed by atoms with Crippen molar-refractivity contribution in [2.75, 3.05) is 6.54 Å². The van der Waals surface area contributed by atoms with Crippen molar-refractivity contribution >= 4 is 12.0 Å². The lowest BCUT2D eigenvalue weighted by atomic mass is 9.81. The molecule has 0 saturated heterocycles. The van der Waals surface area contributed by atoms with Crippen LogP contribution in [0.5, 0.6) is 0 Å². The number of hydrogen-bond acceptors (Lipinski definition) is 2. The third kappa shape index (κ3) is 6.26. The third-order valence-corrected chi connectivity index (χ3v) is 4.14. The summed E-state index contributed by atoms with van der Waals surface area (Å²) < 4.78 is 0. The molecule has 0 spiro atoms. The van der Waals surface area contributed by atoms with Gasteiger partial charge < -0.3 is 15.7 Å². The first kappa shape index (κ1) is 16.8. The van der Waals surface area contributed by atoms with Gasteiger partial charge in [0.1, 0.15) is 0 Å². The van der Waals surface area contributed by atoms with Crippen LogP contribution >= 0.6 is 0 Å². The van der Waals surface area contributed by atoms with Crippen LogP contribution in [0.2, 0.25) is 0 Å². The molecule has 1 saturated carbocycles. The largest absolute Gasteiger partial charge is 0.481 e. The van der Waals surface area contributed by atoms with Crippen molar-refractivity contribution in [2.24, 2.45) is 11.8 Å². The van der Waals surface area contributed by atoms with E-state index in [2.05, 4.69) is 17.6 Å². The van der Waals surface area contributed by atoms with E-state index in [-0.39, 0.29) is 12.5 Å². The fraction of sp³-hybridized carbons (Fsp3) is 0.867. The second-order valence-electron chi connectivity index (χ2n) is 6.58. The molecule has 20 heavy (non-hydrogen) atoms. The lowest BCUT2D eigenvalue weighted by Crippen LogP contribution is -2.50. The first-order valence-corrected chi connectivity index (χ1v) is 7.60. The molecule has 0 unspecified atom stereocenters. The predicted molar refractivity (Wildman–Crippen MR) is 78.6 cm³/mol. The van der Waals surface area contributed by atoms with Crippen LogP contribution in [0, 0.1) is 11.8 Å². The molecule has 5 nitrogen and oxygen atoms in total. The molecule has 1 aliphatic carbocycles. The van der Waals surface area contributed by atoms with Crippen LogP contribution in [-0.2, 0) is 4.79 Å². The Hall–Kier alpha value is -1.26. The quantitative estimate of drug-likeness (QED) is 0.701. The van der Waals surface area contributed by atoms with E-state index in [1.54, 1.807) is 13.8 Å². The van der Waals surface area contributed by atoms with E-state index in [0.717, 1.165) is 5.92 Å². The fourth-order valence-corrected chi connectivity index (χ4v) is 2.85. The summed E-state index contributed by atoms with van der Waals surface area (Å²) in [6.07, 6.45) is 6.05. The van der Waals surface area contributed by atoms with Gasteiger partial charge in [-0.25, -0.2) is 4.79 Å². The number of rotatable bonds is 6. The molecule has 0 aromatic heterocycles. The number of carbonyl (C=O) groups excluding carboxylic acids is 1. The molecule has 2 amide bonds. The number of carbonyl (C=O) groups is 2. The summed E-state index contributed by atoms with van der Waals surface area (Å²) >= 11 is 0. The van der Waals surface area contributed by atoms with E-state index in [0.29, 0.717) is 12.5 Å². The van der Waals surface area contributed by atoms with Crippen LogP contribution in [0.4, 0.5) is 4.79 Å². The zero-order chi connectivity index (χ0) is 15.2. The normalized spacial score (nSPS) is 23.1. The van der Waals surface area contributed by atoms with Gasteiger partial charge in [0, 0.05) is 12.1 Å². The summed E-state index contributed by atoms with van der Waals surface area (Å²) in [7, 11) is 0. The number of hydrogen-bond donors (Lipinski definition) is 3. The first-order chi connectivity index (χ1) is 9.32. The molecule has 5 heteroatoms. The molecule has 0 aliphatic heterocycles. The van der Waals surface area contributed by atoms with Gasteiger partial charge in [-0.3, -0.25) is 4.79 Å². The summed E-state index contributed by atoms with van der Waals surface area (Å²) in [5.41, 5.74) is -0.726. The average molecular weight is 284 g/mol. The van der Waals surface area contributed by atoms with Crippen molar-refractivity contribution in [1.29, 1.82) is 0 Å². The summed E-state index contributed by atoms with van der Waals surface area (Å²) in [4.78, 5) is 22.5. The van der Waals surface area contributed by atoms with Crippen LogP contribution in [0.25, 0.3) is 0 Å². The van der Waals surface area contributed by atoms with Gasteiger partial charge in [-0.1, -0.05) is 26.2 Å². The van der Waals surface area contributed by atoms with E-state index in [1.165, 1.54) is 32.1 Å². The number of carboxylic acids is 1. The first-order valence-electron chi connectivity index (χ1n) is 7.60. The van der Waals surface area contributed by atoms with E-state index in [1.807, 2.05) is 0 Å². The highest BCUT2D eigenvalue weighted by atomic mass is 16.4. The van der Waals surface area contributed by atoms with Crippen LogP contribution in [-0.4, -0.2) is 29.2 Å². The zero-order valence-electron chi connectivity index (χ0n) is 12.9. The molecule has 1 fully saturated rings. The van der Waals surface area contributed by atoms with Gasteiger partial charge in [-0.2, -0.15) is 0 Å². The molecular formula is C15H28N2O3. The number of aliphatic carboxylic acids is 1. The topological polar surface area (TPSA) is 78.4 Å². The maximum Gasteiger partial charge on any atom is 0.315 e. The van der Waals surface area contributed by atoms with Crippen LogP contribution in [0.1, 0.15) is 59.3 Å². The van der Waals surface area contributed by atoms with E-state index in [9.17, 15) is 9.59 Å². The summed E-state index contributed by atoms with van der Waals surface area (Å²) in [5.74, 6) is 0.508. The van der Waals surface area contributed by atoms with Gasteiger partial charge in [0.25, 0.3) is 0 Å². The number of urea groups is 1. The second-order valence-corrected chi connectivity index (χ2v) is 6.58. The molecule has 0 radical (unpaired) electrons. The lowest BCUT2D eigenvalue weighted by Gasteiger charge is -2.29. The molecule has 0 aromatic rings. The van der Waals surface area contributed by atoms with E-state index in [4.69, 9.17) is 5.11 Å². The Labute approximate surface area is 121 Å². The Bertz CT molecular complexity index is 334. The molecule has 0 heterocycles. The highest BCUT2D eigenvalue weighted by molar-refractivity contribution is 5.76. The van der Waals surface area contributed by atoms with Gasteiger partial charge in [-0.05, 0) is 38.5 Å². The molecule has 1 aliphatic rings. The molecule has 0 atom stereocenters. The van der Waals surface area contributed by atoms with Crippen LogP contribution in [0.3, 0.4) is 0 Å². The van der Waals surface area contributed by atoms with Gasteiger partial charge in [0.2, 0.25) is 0 Å². The summed E-state index contributed by atoms with van der Waals surface area (Å²) in [5, 5.41) is 14.4. The molecule has 3 N–H and O–H groups in total. The highest BCUT2D eigenvalue weighted by Gasteiger charge is 2.25. The number of carboxylic acid groups (broad SMARTS) is 1. The maximum absolute atomic E-state index is 11.8. The highest BCUT2D eigenvalue weighted by Crippen LogP contribution is 2.30. The maximum atomic E-state index is 11.8. The van der Waals surface area contributed by atoms with E-state index < -0.39 is 11.5 Å². The smallest absolute Gasteiger partial charge is 0.315 e. The Morgan fingerprint density at radius 3 is 2.20 bits per heavy atom. The average Bonchev–Trinajstić information content (AvgIpc) is 2.34. The third-order valence-electron chi connectivity index (χ3n) is 4.14. The molecule has 0 aromatic carbocycles. The minimum Gasteiger partial charge on any atom is -0.481 e. The van der Waals surface area contributed by atoms with Crippen LogP contribution < -0.4 is 10.6 Å². The second kappa shape index (κ2) is 7.50. The SMILES string of the molecule is CCC1CCC(CNC(=O)NC(C)(C)CC(=O)O)CC1. The lowest BCUT2D eigenvalue weighted by molar-refractivity contribution is -0.138. The predicted octanol–water partition coefficient (Wildman–Crippen LogP) is 2.76. The van der Waals surface area contributed by atoms with Gasteiger partial charge in [0.15, 0.2) is 0 Å². The number of nitrogens with one attached hydrogen (secondary N) is 2. The molecule has 116 valence electrons. The van der Waals surface area contributed by atoms with Crippen molar-refractivity contribution in [3.8, 4) is 0 Å². The van der Waals surface area contributed by atoms with Gasteiger partial charge >= 0.3 is 12.0 Å². The van der Waals surface area contributed by atoms with Crippen molar-refractivity contribution in [1.82, 2.24) is 10.6 Å². The Morgan fingerprint density at radius 2 is 1.70 bits per heavy atom. The Balaban J connectivity index is 2.25. The zero-order valence-corrected chi connectivity index (χ0v) is 12.9. The van der Waals surface area contributed by atoms with Gasteiger partial charge in [0.05, 0.1) is 6.42 Å². The summed E-state index contributed by atoms with van der Waals surface area (Å²) in [6.45, 7) is 6.35. The summed E-state index contributed by atoms with van der Waals surface area (Å²) in [6, 6.07) is -0.270. The standard InChI is InChI=1S/C15H28N2O3/c1-4-11-5-7-12(8-6-11)10-16-14(20)17-15(2,3)9-13(18)19/h11-12H,4-10H2,1-3H3,(H,18,19)(H2,16,17,20). The van der Waals surface area contributed by atoms with Crippen molar-refractivity contribution in [3.63, 3.8) is 0 Å². The monoisotopic (exact) mass is 284 g/mol. The minimum absolute atomic E-state index is 0.0813. The van der Waals surface area contributed by atoms with Crippen molar-refractivity contribution in [3.05, 3.63) is 0 Å². The van der Waals surface area contributed by atoms with Crippen LogP contribution in [0.15, 0.2) is 0 Å². The number of amides is 2. The molecule has 0 bridgehead atoms. The Kier molecular flexibility index (Phi) is 6.30. The molecule has 1 rings (SSSR count). The van der Waals surface area contributed by atoms with E-state index >= 15 is 0 Å². The van der Waals surface area contributed by atoms with Crippen molar-refractivity contribution < 1.29 is 14.7 Å². The van der Waals surface area contributed by atoms with Crippen molar-refractivity contribution in [2.45, 2.75) is 64.8 Å². The molecular weight excluding hydrogens is 256 g/mol. The van der Waals surface area contributed by atoms with Gasteiger partial charge in [-0.15, -0.1) is 0 Å². The fourth-order valence-electron chi connectivity index (χ4n) is 2.85. The minimum atomic E-state index is -0.909. The Morgan fingerprint density at radius 1 is 1.15 bits per heavy atom.